The van der Waals surface area contributed by atoms with E-state index in [0.717, 1.165) is 9.56 Å². The second-order valence-corrected chi connectivity index (χ2v) is 6.48. The van der Waals surface area contributed by atoms with Crippen molar-refractivity contribution >= 4 is 22.9 Å². The standard InChI is InChI=1S/C17H15N3O5S/c21-15(18-11-3-4-12-13(10-11)24-8-7-23-12)5-6-20-17(22)25-16(19-20)14-2-1-9-26-14/h1-4,9-10H,5-8H2,(H,18,21). The summed E-state index contributed by atoms with van der Waals surface area (Å²) in [6.07, 6.45) is 0.0881. The fourth-order valence-electron chi connectivity index (χ4n) is 2.50. The molecule has 1 amide bonds. The van der Waals surface area contributed by atoms with Gasteiger partial charge in [-0.25, -0.2) is 4.79 Å². The normalized spacial score (nSPS) is 12.8. The fourth-order valence-corrected chi connectivity index (χ4v) is 3.14. The lowest BCUT2D eigenvalue weighted by Crippen LogP contribution is -2.21. The molecule has 0 radical (unpaired) electrons. The molecule has 134 valence electrons. The van der Waals surface area contributed by atoms with Gasteiger partial charge in [0.05, 0.1) is 11.4 Å². The van der Waals surface area contributed by atoms with Crippen LogP contribution in [0.3, 0.4) is 0 Å². The Balaban J connectivity index is 1.38. The minimum atomic E-state index is -0.583. The summed E-state index contributed by atoms with van der Waals surface area (Å²) in [5.41, 5.74) is 0.603. The predicted molar refractivity (Wildman–Crippen MR) is 94.8 cm³/mol. The Bertz CT molecular complexity index is 977. The van der Waals surface area contributed by atoms with Crippen LogP contribution < -0.4 is 20.5 Å². The highest BCUT2D eigenvalue weighted by Crippen LogP contribution is 2.32. The van der Waals surface area contributed by atoms with Crippen molar-refractivity contribution in [2.45, 2.75) is 13.0 Å². The second-order valence-electron chi connectivity index (χ2n) is 5.53. The van der Waals surface area contributed by atoms with Crippen molar-refractivity contribution in [1.29, 1.82) is 0 Å². The summed E-state index contributed by atoms with van der Waals surface area (Å²) < 4.78 is 17.2. The number of aromatic nitrogens is 2. The Morgan fingerprint density at radius 2 is 2.08 bits per heavy atom. The second kappa shape index (κ2) is 7.04. The first kappa shape index (κ1) is 16.4. The van der Waals surface area contributed by atoms with Crippen molar-refractivity contribution in [3.8, 4) is 22.3 Å². The van der Waals surface area contributed by atoms with Crippen LogP contribution in [0.25, 0.3) is 10.8 Å². The molecular weight excluding hydrogens is 358 g/mol. The molecular formula is C17H15N3O5S. The lowest BCUT2D eigenvalue weighted by molar-refractivity contribution is -0.116. The van der Waals surface area contributed by atoms with Crippen molar-refractivity contribution in [2.75, 3.05) is 18.5 Å². The van der Waals surface area contributed by atoms with Crippen molar-refractivity contribution in [1.82, 2.24) is 9.78 Å². The van der Waals surface area contributed by atoms with Crippen LogP contribution in [-0.4, -0.2) is 28.9 Å². The molecule has 3 heterocycles. The molecule has 8 nitrogen and oxygen atoms in total. The molecule has 26 heavy (non-hydrogen) atoms. The van der Waals surface area contributed by atoms with Gasteiger partial charge >= 0.3 is 5.76 Å². The largest absolute Gasteiger partial charge is 0.486 e. The van der Waals surface area contributed by atoms with Crippen LogP contribution in [0.1, 0.15) is 6.42 Å². The molecule has 0 spiro atoms. The smallest absolute Gasteiger partial charge is 0.437 e. The number of fused-ring (bicyclic) bond motifs is 1. The van der Waals surface area contributed by atoms with Gasteiger partial charge in [-0.1, -0.05) is 6.07 Å². The molecule has 0 bridgehead atoms. The minimum absolute atomic E-state index is 0.0881. The van der Waals surface area contributed by atoms with E-state index in [1.54, 1.807) is 18.2 Å². The van der Waals surface area contributed by atoms with Crippen molar-refractivity contribution in [2.24, 2.45) is 0 Å². The third-order valence-electron chi connectivity index (χ3n) is 3.71. The van der Waals surface area contributed by atoms with Gasteiger partial charge in [-0.3, -0.25) is 4.79 Å². The number of benzene rings is 1. The highest BCUT2D eigenvalue weighted by Gasteiger charge is 2.14. The zero-order valence-electron chi connectivity index (χ0n) is 13.6. The molecule has 0 saturated heterocycles. The maximum atomic E-state index is 12.1. The lowest BCUT2D eigenvalue weighted by Gasteiger charge is -2.19. The highest BCUT2D eigenvalue weighted by molar-refractivity contribution is 7.13. The van der Waals surface area contributed by atoms with Crippen LogP contribution in [0.15, 0.2) is 44.9 Å². The number of carbonyl (C=O) groups is 1. The number of ether oxygens (including phenoxy) is 2. The van der Waals surface area contributed by atoms with Crippen molar-refractivity contribution < 1.29 is 18.7 Å². The Labute approximate surface area is 152 Å². The van der Waals surface area contributed by atoms with E-state index in [-0.39, 0.29) is 24.8 Å². The molecule has 0 fully saturated rings. The van der Waals surface area contributed by atoms with Gasteiger partial charge in [-0.05, 0) is 23.6 Å². The van der Waals surface area contributed by atoms with E-state index in [2.05, 4.69) is 10.4 Å². The van der Waals surface area contributed by atoms with Gasteiger partial charge in [0, 0.05) is 18.2 Å². The summed E-state index contributed by atoms with van der Waals surface area (Å²) in [4.78, 5) is 24.8. The van der Waals surface area contributed by atoms with Gasteiger partial charge in [0.25, 0.3) is 5.89 Å². The first-order chi connectivity index (χ1) is 12.7. The van der Waals surface area contributed by atoms with Gasteiger partial charge < -0.3 is 19.2 Å². The zero-order chi connectivity index (χ0) is 17.9. The van der Waals surface area contributed by atoms with Crippen LogP contribution in [-0.2, 0) is 11.3 Å². The molecule has 9 heteroatoms. The van der Waals surface area contributed by atoms with E-state index in [1.165, 1.54) is 11.3 Å². The molecule has 1 aliphatic heterocycles. The monoisotopic (exact) mass is 373 g/mol. The Morgan fingerprint density at radius 1 is 1.23 bits per heavy atom. The summed E-state index contributed by atoms with van der Waals surface area (Å²) >= 11 is 1.43. The quantitative estimate of drug-likeness (QED) is 0.738. The fraction of sp³-hybridized carbons (Fsp3) is 0.235. The van der Waals surface area contributed by atoms with E-state index in [1.807, 2.05) is 17.5 Å². The lowest BCUT2D eigenvalue weighted by atomic mass is 10.2. The van der Waals surface area contributed by atoms with Crippen LogP contribution in [0.4, 0.5) is 5.69 Å². The van der Waals surface area contributed by atoms with E-state index >= 15 is 0 Å². The molecule has 0 atom stereocenters. The number of amides is 1. The predicted octanol–water partition coefficient (Wildman–Crippen LogP) is 2.36. The minimum Gasteiger partial charge on any atom is -0.486 e. The molecule has 2 aromatic heterocycles. The molecule has 1 aromatic carbocycles. The topological polar surface area (TPSA) is 95.6 Å². The first-order valence-electron chi connectivity index (χ1n) is 8.00. The van der Waals surface area contributed by atoms with E-state index in [4.69, 9.17) is 13.9 Å². The Hall–Kier alpha value is -3.07. The summed E-state index contributed by atoms with van der Waals surface area (Å²) in [5, 5.41) is 8.76. The molecule has 0 aliphatic carbocycles. The Morgan fingerprint density at radius 3 is 2.88 bits per heavy atom. The van der Waals surface area contributed by atoms with Crippen LogP contribution >= 0.6 is 11.3 Å². The number of rotatable bonds is 5. The van der Waals surface area contributed by atoms with Crippen molar-refractivity contribution in [3.63, 3.8) is 0 Å². The SMILES string of the molecule is O=C(CCn1nc(-c2cccs2)oc1=O)Nc1ccc2c(c1)OCCO2. The number of hydrogen-bond donors (Lipinski definition) is 1. The highest BCUT2D eigenvalue weighted by atomic mass is 32.1. The zero-order valence-corrected chi connectivity index (χ0v) is 14.5. The van der Waals surface area contributed by atoms with Crippen LogP contribution in [0.5, 0.6) is 11.5 Å². The van der Waals surface area contributed by atoms with E-state index in [9.17, 15) is 9.59 Å². The average molecular weight is 373 g/mol. The number of aryl methyl sites for hydroxylation is 1. The molecule has 4 rings (SSSR count). The van der Waals surface area contributed by atoms with Crippen LogP contribution in [0.2, 0.25) is 0 Å². The van der Waals surface area contributed by atoms with E-state index in [0.29, 0.717) is 30.4 Å². The average Bonchev–Trinajstić information content (AvgIpc) is 3.29. The number of anilines is 1. The summed E-state index contributed by atoms with van der Waals surface area (Å²) in [7, 11) is 0. The van der Waals surface area contributed by atoms with Gasteiger partial charge in [0.15, 0.2) is 11.5 Å². The maximum absolute atomic E-state index is 12.1. The molecule has 1 N–H and O–H groups in total. The number of hydrogen-bond acceptors (Lipinski definition) is 7. The first-order valence-corrected chi connectivity index (χ1v) is 8.88. The van der Waals surface area contributed by atoms with Crippen molar-refractivity contribution in [3.05, 3.63) is 46.3 Å². The molecule has 0 unspecified atom stereocenters. The summed E-state index contributed by atoms with van der Waals surface area (Å²) in [5.74, 6) is 0.693. The van der Waals surface area contributed by atoms with Gasteiger partial charge in [-0.2, -0.15) is 4.68 Å². The molecule has 1 aliphatic rings. The molecule has 3 aromatic rings. The summed E-state index contributed by atoms with van der Waals surface area (Å²) in [6.45, 7) is 1.12. The van der Waals surface area contributed by atoms with Crippen LogP contribution in [0, 0.1) is 0 Å². The number of nitrogens with zero attached hydrogens (tertiary/aromatic N) is 2. The van der Waals surface area contributed by atoms with Gasteiger partial charge in [0.1, 0.15) is 13.2 Å². The van der Waals surface area contributed by atoms with E-state index < -0.39 is 5.76 Å². The molecule has 0 saturated carbocycles. The third kappa shape index (κ3) is 3.47. The number of carbonyl (C=O) groups excluding carboxylic acids is 1. The summed E-state index contributed by atoms with van der Waals surface area (Å²) in [6, 6.07) is 8.86. The maximum Gasteiger partial charge on any atom is 0.437 e. The van der Waals surface area contributed by atoms with Gasteiger partial charge in [0.2, 0.25) is 5.91 Å². The third-order valence-corrected chi connectivity index (χ3v) is 4.57. The number of thiophene rings is 1. The number of nitrogens with one attached hydrogen (secondary N) is 1. The van der Waals surface area contributed by atoms with Gasteiger partial charge in [-0.15, -0.1) is 16.4 Å². The Kier molecular flexibility index (Phi) is 4.44.